The molecular weight excluding hydrogens is 354 g/mol. The molecule has 128 valence electrons. The van der Waals surface area contributed by atoms with Gasteiger partial charge < -0.3 is 4.57 Å². The van der Waals surface area contributed by atoms with E-state index in [9.17, 15) is 4.79 Å². The maximum absolute atomic E-state index is 12.4. The quantitative estimate of drug-likeness (QED) is 0.480. The first-order valence-corrected chi connectivity index (χ1v) is 9.20. The number of benzene rings is 2. The topological polar surface area (TPSA) is 47.8 Å². The molecule has 0 atom stereocenters. The minimum Gasteiger partial charge on any atom is -0.305 e. The Balaban J connectivity index is 1.72. The molecule has 0 fully saturated rings. The van der Waals surface area contributed by atoms with Crippen LogP contribution in [0.1, 0.15) is 21.5 Å². The van der Waals surface area contributed by atoms with Crippen molar-refractivity contribution in [3.63, 3.8) is 0 Å². The van der Waals surface area contributed by atoms with Gasteiger partial charge in [-0.05, 0) is 55.3 Å². The van der Waals surface area contributed by atoms with Crippen molar-refractivity contribution >= 4 is 29.1 Å². The zero-order valence-electron chi connectivity index (χ0n) is 14.3. The second-order valence-electron chi connectivity index (χ2n) is 5.88. The molecule has 0 saturated heterocycles. The molecule has 25 heavy (non-hydrogen) atoms. The normalized spacial score (nSPS) is 10.9. The molecule has 0 aliphatic heterocycles. The van der Waals surface area contributed by atoms with Crippen LogP contribution in [0.5, 0.6) is 0 Å². The number of hydrogen-bond donors (Lipinski definition) is 0. The van der Waals surface area contributed by atoms with Gasteiger partial charge in [0, 0.05) is 23.2 Å². The monoisotopic (exact) mass is 371 g/mol. The minimum absolute atomic E-state index is 0.0872. The standard InChI is InChI=1S/C19H18ClN3OS/c1-12-4-5-15(10-13(12)2)17(24)11-25-19-22-21-18(23(19)3)14-6-8-16(20)9-7-14/h4-10H,11H2,1-3H3. The van der Waals surface area contributed by atoms with Crippen molar-refractivity contribution in [3.05, 3.63) is 64.2 Å². The predicted octanol–water partition coefficient (Wildman–Crippen LogP) is 4.73. The number of halogens is 1. The van der Waals surface area contributed by atoms with E-state index in [1.54, 1.807) is 0 Å². The number of carbonyl (C=O) groups excluding carboxylic acids is 1. The molecular formula is C19H18ClN3OS. The maximum atomic E-state index is 12.4. The van der Waals surface area contributed by atoms with Crippen LogP contribution in [0.25, 0.3) is 11.4 Å². The molecule has 0 radical (unpaired) electrons. The number of hydrogen-bond acceptors (Lipinski definition) is 4. The second-order valence-corrected chi connectivity index (χ2v) is 7.26. The summed E-state index contributed by atoms with van der Waals surface area (Å²) in [5, 5.41) is 9.82. The van der Waals surface area contributed by atoms with Crippen molar-refractivity contribution in [1.29, 1.82) is 0 Å². The van der Waals surface area contributed by atoms with Crippen molar-refractivity contribution in [2.24, 2.45) is 7.05 Å². The Hall–Kier alpha value is -2.11. The molecule has 0 amide bonds. The van der Waals surface area contributed by atoms with E-state index < -0.39 is 0 Å². The lowest BCUT2D eigenvalue weighted by Gasteiger charge is -2.05. The van der Waals surface area contributed by atoms with Crippen LogP contribution in [0, 0.1) is 13.8 Å². The van der Waals surface area contributed by atoms with Crippen LogP contribution in [-0.4, -0.2) is 26.3 Å². The van der Waals surface area contributed by atoms with Crippen LogP contribution in [0.3, 0.4) is 0 Å². The third-order valence-corrected chi connectivity index (χ3v) is 5.37. The van der Waals surface area contributed by atoms with Gasteiger partial charge in [-0.25, -0.2) is 0 Å². The molecule has 4 nitrogen and oxygen atoms in total. The third kappa shape index (κ3) is 3.94. The van der Waals surface area contributed by atoms with Gasteiger partial charge in [-0.15, -0.1) is 10.2 Å². The lowest BCUT2D eigenvalue weighted by molar-refractivity contribution is 0.102. The van der Waals surface area contributed by atoms with Crippen LogP contribution in [-0.2, 0) is 7.05 Å². The molecule has 0 aliphatic carbocycles. The largest absolute Gasteiger partial charge is 0.305 e. The van der Waals surface area contributed by atoms with E-state index in [4.69, 9.17) is 11.6 Å². The number of nitrogens with zero attached hydrogens (tertiary/aromatic N) is 3. The summed E-state index contributed by atoms with van der Waals surface area (Å²) in [6, 6.07) is 13.2. The van der Waals surface area contributed by atoms with Crippen molar-refractivity contribution < 1.29 is 4.79 Å². The summed E-state index contributed by atoms with van der Waals surface area (Å²) in [4.78, 5) is 12.4. The number of aryl methyl sites for hydroxylation is 2. The summed E-state index contributed by atoms with van der Waals surface area (Å²) in [5.41, 5.74) is 3.98. The van der Waals surface area contributed by atoms with E-state index in [1.165, 1.54) is 17.3 Å². The van der Waals surface area contributed by atoms with Gasteiger partial charge in [0.05, 0.1) is 5.75 Å². The molecule has 6 heteroatoms. The predicted molar refractivity (Wildman–Crippen MR) is 102 cm³/mol. The van der Waals surface area contributed by atoms with Gasteiger partial charge in [0.15, 0.2) is 16.8 Å². The average Bonchev–Trinajstić information content (AvgIpc) is 2.96. The van der Waals surface area contributed by atoms with Gasteiger partial charge in [-0.1, -0.05) is 35.5 Å². The molecule has 0 aliphatic rings. The Labute approximate surface area is 156 Å². The molecule has 1 heterocycles. The second kappa shape index (κ2) is 7.42. The first-order valence-electron chi connectivity index (χ1n) is 7.84. The summed E-state index contributed by atoms with van der Waals surface area (Å²) in [6.07, 6.45) is 0. The van der Waals surface area contributed by atoms with E-state index in [1.807, 2.05) is 67.9 Å². The van der Waals surface area contributed by atoms with Gasteiger partial charge in [0.2, 0.25) is 0 Å². The summed E-state index contributed by atoms with van der Waals surface area (Å²) >= 11 is 7.32. The SMILES string of the molecule is Cc1ccc(C(=O)CSc2nnc(-c3ccc(Cl)cc3)n2C)cc1C. The lowest BCUT2D eigenvalue weighted by Crippen LogP contribution is -2.04. The Morgan fingerprint density at radius 1 is 1.08 bits per heavy atom. The van der Waals surface area contributed by atoms with E-state index in [2.05, 4.69) is 10.2 Å². The molecule has 2 aromatic carbocycles. The van der Waals surface area contributed by atoms with Crippen molar-refractivity contribution in [2.75, 3.05) is 5.75 Å². The Bertz CT molecular complexity index is 919. The smallest absolute Gasteiger partial charge is 0.191 e. The van der Waals surface area contributed by atoms with Crippen LogP contribution < -0.4 is 0 Å². The Morgan fingerprint density at radius 3 is 2.48 bits per heavy atom. The number of Topliss-reactive ketones (excluding diaryl/α,β-unsaturated/α-hetero) is 1. The van der Waals surface area contributed by atoms with Crippen molar-refractivity contribution in [1.82, 2.24) is 14.8 Å². The number of aromatic nitrogens is 3. The number of ketones is 1. The Kier molecular flexibility index (Phi) is 5.25. The summed E-state index contributed by atoms with van der Waals surface area (Å²) in [7, 11) is 1.90. The van der Waals surface area contributed by atoms with Gasteiger partial charge in [-0.2, -0.15) is 0 Å². The fourth-order valence-electron chi connectivity index (χ4n) is 2.42. The fraction of sp³-hybridized carbons (Fsp3) is 0.211. The highest BCUT2D eigenvalue weighted by atomic mass is 35.5. The zero-order valence-corrected chi connectivity index (χ0v) is 15.9. The van der Waals surface area contributed by atoms with Crippen molar-refractivity contribution in [2.45, 2.75) is 19.0 Å². The van der Waals surface area contributed by atoms with Gasteiger partial charge in [0.25, 0.3) is 0 Å². The van der Waals surface area contributed by atoms with E-state index in [0.717, 1.165) is 22.5 Å². The van der Waals surface area contributed by atoms with Crippen LogP contribution in [0.2, 0.25) is 5.02 Å². The molecule has 0 saturated carbocycles. The van der Waals surface area contributed by atoms with Crippen molar-refractivity contribution in [3.8, 4) is 11.4 Å². The highest BCUT2D eigenvalue weighted by Gasteiger charge is 2.14. The van der Waals surface area contributed by atoms with Gasteiger partial charge in [-0.3, -0.25) is 4.79 Å². The van der Waals surface area contributed by atoms with Crippen LogP contribution >= 0.6 is 23.4 Å². The molecule has 0 bridgehead atoms. The van der Waals surface area contributed by atoms with E-state index in [-0.39, 0.29) is 5.78 Å². The summed E-state index contributed by atoms with van der Waals surface area (Å²) in [5.74, 6) is 1.16. The van der Waals surface area contributed by atoms with Gasteiger partial charge >= 0.3 is 0 Å². The number of thioether (sulfide) groups is 1. The Morgan fingerprint density at radius 2 is 1.80 bits per heavy atom. The maximum Gasteiger partial charge on any atom is 0.191 e. The number of carbonyl (C=O) groups is 1. The molecule has 3 rings (SSSR count). The van der Waals surface area contributed by atoms with Gasteiger partial charge in [0.1, 0.15) is 0 Å². The third-order valence-electron chi connectivity index (χ3n) is 4.10. The zero-order chi connectivity index (χ0) is 18.0. The highest BCUT2D eigenvalue weighted by Crippen LogP contribution is 2.24. The summed E-state index contributed by atoms with van der Waals surface area (Å²) < 4.78 is 1.89. The molecule has 0 unspecified atom stereocenters. The average molecular weight is 372 g/mol. The van der Waals surface area contributed by atoms with E-state index in [0.29, 0.717) is 15.9 Å². The molecule has 0 N–H and O–H groups in total. The summed E-state index contributed by atoms with van der Waals surface area (Å²) in [6.45, 7) is 4.05. The first kappa shape index (κ1) is 17.7. The number of rotatable bonds is 5. The minimum atomic E-state index is 0.0872. The van der Waals surface area contributed by atoms with Crippen LogP contribution in [0.15, 0.2) is 47.6 Å². The fourth-order valence-corrected chi connectivity index (χ4v) is 3.35. The van der Waals surface area contributed by atoms with Crippen LogP contribution in [0.4, 0.5) is 0 Å². The molecule has 3 aromatic rings. The molecule has 1 aromatic heterocycles. The first-order chi connectivity index (χ1) is 12.0. The highest BCUT2D eigenvalue weighted by molar-refractivity contribution is 7.99. The lowest BCUT2D eigenvalue weighted by atomic mass is 10.0. The molecule has 0 spiro atoms. The van der Waals surface area contributed by atoms with E-state index >= 15 is 0 Å².